The van der Waals surface area contributed by atoms with Gasteiger partial charge in [0.2, 0.25) is 0 Å². The van der Waals surface area contributed by atoms with Crippen LogP contribution in [0, 0.1) is 0 Å². The second kappa shape index (κ2) is 8.63. The fourth-order valence-corrected chi connectivity index (χ4v) is 2.92. The summed E-state index contributed by atoms with van der Waals surface area (Å²) in [4.78, 5) is 16.3. The summed E-state index contributed by atoms with van der Waals surface area (Å²) in [6, 6.07) is 10.7. The number of anilines is 1. The van der Waals surface area contributed by atoms with Crippen LogP contribution in [0.15, 0.2) is 48.8 Å². The van der Waals surface area contributed by atoms with Crippen LogP contribution in [0.1, 0.15) is 37.7 Å². The highest BCUT2D eigenvalue weighted by Gasteiger charge is 2.21. The molecule has 2 aromatic heterocycles. The zero-order chi connectivity index (χ0) is 21.0. The Balaban J connectivity index is 1.78. The molecule has 152 valence electrons. The fourth-order valence-electron chi connectivity index (χ4n) is 2.73. The number of halogens is 1. The highest BCUT2D eigenvalue weighted by Crippen LogP contribution is 2.24. The minimum Gasteiger partial charge on any atom is -0.392 e. The standard InChI is InChI=1S/C21H24ClN5O2/c1-21(2,3)19-9-18(27(26-19)17-6-4-5-15(22)8-17)12-24-20(29)25-16-7-14(13-28)10-23-11-16/h4-11,28H,12-13H2,1-3H3,(H2,24,25,29). The van der Waals surface area contributed by atoms with E-state index in [0.29, 0.717) is 16.3 Å². The van der Waals surface area contributed by atoms with Gasteiger partial charge in [-0.05, 0) is 35.9 Å². The van der Waals surface area contributed by atoms with Crippen LogP contribution >= 0.6 is 11.6 Å². The molecule has 0 fully saturated rings. The molecule has 0 radical (unpaired) electrons. The number of urea groups is 1. The molecular weight excluding hydrogens is 390 g/mol. The summed E-state index contributed by atoms with van der Waals surface area (Å²) in [6.45, 7) is 6.39. The van der Waals surface area contributed by atoms with E-state index < -0.39 is 0 Å². The average molecular weight is 414 g/mol. The lowest BCUT2D eigenvalue weighted by Gasteiger charge is -2.14. The van der Waals surface area contributed by atoms with Crippen molar-refractivity contribution in [2.24, 2.45) is 0 Å². The molecule has 0 bridgehead atoms. The number of carbonyl (C=O) groups excluding carboxylic acids is 1. The van der Waals surface area contributed by atoms with Crippen molar-refractivity contribution in [2.45, 2.75) is 39.3 Å². The van der Waals surface area contributed by atoms with Crippen molar-refractivity contribution in [1.82, 2.24) is 20.1 Å². The maximum Gasteiger partial charge on any atom is 0.319 e. The number of carbonyl (C=O) groups is 1. The number of aliphatic hydroxyl groups excluding tert-OH is 1. The zero-order valence-electron chi connectivity index (χ0n) is 16.6. The molecule has 3 rings (SSSR count). The highest BCUT2D eigenvalue weighted by atomic mass is 35.5. The van der Waals surface area contributed by atoms with Crippen molar-refractivity contribution >= 4 is 23.3 Å². The van der Waals surface area contributed by atoms with Crippen LogP contribution in [-0.2, 0) is 18.6 Å². The predicted molar refractivity (Wildman–Crippen MR) is 113 cm³/mol. The summed E-state index contributed by atoms with van der Waals surface area (Å²) in [5.41, 5.74) is 3.55. The normalized spacial score (nSPS) is 11.3. The number of rotatable bonds is 5. The molecule has 3 aromatic rings. The van der Waals surface area contributed by atoms with Crippen LogP contribution in [0.3, 0.4) is 0 Å². The van der Waals surface area contributed by atoms with Crippen LogP contribution in [0.4, 0.5) is 10.5 Å². The SMILES string of the molecule is CC(C)(C)c1cc(CNC(=O)Nc2cncc(CO)c2)n(-c2cccc(Cl)c2)n1. The van der Waals surface area contributed by atoms with E-state index in [1.54, 1.807) is 23.0 Å². The first-order chi connectivity index (χ1) is 13.8. The zero-order valence-corrected chi connectivity index (χ0v) is 17.4. The van der Waals surface area contributed by atoms with Crippen LogP contribution in [0.25, 0.3) is 5.69 Å². The maximum absolute atomic E-state index is 12.3. The van der Waals surface area contributed by atoms with Gasteiger partial charge in [0.15, 0.2) is 0 Å². The van der Waals surface area contributed by atoms with Gasteiger partial charge in [-0.25, -0.2) is 9.48 Å². The van der Waals surface area contributed by atoms with Gasteiger partial charge in [0.1, 0.15) is 0 Å². The van der Waals surface area contributed by atoms with Crippen molar-refractivity contribution in [3.05, 3.63) is 70.8 Å². The molecule has 2 heterocycles. The number of nitrogens with one attached hydrogen (secondary N) is 2. The number of aliphatic hydroxyl groups is 1. The molecule has 0 atom stereocenters. The van der Waals surface area contributed by atoms with Crippen molar-refractivity contribution in [3.8, 4) is 5.69 Å². The molecule has 0 aliphatic carbocycles. The van der Waals surface area contributed by atoms with Crippen molar-refractivity contribution in [2.75, 3.05) is 5.32 Å². The minimum absolute atomic E-state index is 0.140. The van der Waals surface area contributed by atoms with E-state index in [0.717, 1.165) is 17.1 Å². The maximum atomic E-state index is 12.3. The molecular formula is C21H24ClN5O2. The Morgan fingerprint density at radius 1 is 1.21 bits per heavy atom. The Bertz CT molecular complexity index is 1010. The molecule has 0 spiro atoms. The molecule has 0 saturated carbocycles. The molecule has 8 heteroatoms. The van der Waals surface area contributed by atoms with E-state index in [-0.39, 0.29) is 24.6 Å². The number of benzene rings is 1. The number of hydrogen-bond donors (Lipinski definition) is 3. The Hall–Kier alpha value is -2.90. The van der Waals surface area contributed by atoms with Gasteiger partial charge in [0.25, 0.3) is 0 Å². The molecule has 7 nitrogen and oxygen atoms in total. The molecule has 3 N–H and O–H groups in total. The van der Waals surface area contributed by atoms with E-state index in [4.69, 9.17) is 16.7 Å². The van der Waals surface area contributed by atoms with Crippen LogP contribution in [0.5, 0.6) is 0 Å². The van der Waals surface area contributed by atoms with Gasteiger partial charge in [-0.2, -0.15) is 5.10 Å². The van der Waals surface area contributed by atoms with Gasteiger partial charge >= 0.3 is 6.03 Å². The molecule has 2 amide bonds. The average Bonchev–Trinajstić information content (AvgIpc) is 3.11. The second-order valence-electron chi connectivity index (χ2n) is 7.71. The van der Waals surface area contributed by atoms with Gasteiger partial charge in [-0.1, -0.05) is 38.4 Å². The number of nitrogens with zero attached hydrogens (tertiary/aromatic N) is 3. The molecule has 0 aliphatic rings. The Labute approximate surface area is 174 Å². The topological polar surface area (TPSA) is 92.1 Å². The van der Waals surface area contributed by atoms with Gasteiger partial charge < -0.3 is 15.7 Å². The first-order valence-corrected chi connectivity index (χ1v) is 9.59. The first kappa shape index (κ1) is 20.8. The summed E-state index contributed by atoms with van der Waals surface area (Å²) in [5.74, 6) is 0. The van der Waals surface area contributed by atoms with Gasteiger partial charge in [0.05, 0.1) is 42.1 Å². The number of hydrogen-bond acceptors (Lipinski definition) is 4. The van der Waals surface area contributed by atoms with Crippen LogP contribution in [-0.4, -0.2) is 25.9 Å². The van der Waals surface area contributed by atoms with E-state index in [1.165, 1.54) is 6.20 Å². The Kier molecular flexibility index (Phi) is 6.20. The summed E-state index contributed by atoms with van der Waals surface area (Å²) in [5, 5.41) is 20.1. The monoisotopic (exact) mass is 413 g/mol. The lowest BCUT2D eigenvalue weighted by atomic mass is 9.92. The fraction of sp³-hybridized carbons (Fsp3) is 0.286. The largest absolute Gasteiger partial charge is 0.392 e. The number of amides is 2. The van der Waals surface area contributed by atoms with E-state index in [9.17, 15) is 9.90 Å². The minimum atomic E-state index is -0.377. The van der Waals surface area contributed by atoms with Gasteiger partial charge in [0, 0.05) is 16.6 Å². The summed E-state index contributed by atoms with van der Waals surface area (Å²) < 4.78 is 1.79. The van der Waals surface area contributed by atoms with Crippen LogP contribution in [0.2, 0.25) is 5.02 Å². The summed E-state index contributed by atoms with van der Waals surface area (Å²) in [6.07, 6.45) is 3.06. The lowest BCUT2D eigenvalue weighted by molar-refractivity contribution is 0.251. The Morgan fingerprint density at radius 2 is 2.00 bits per heavy atom. The molecule has 29 heavy (non-hydrogen) atoms. The molecule has 0 aliphatic heterocycles. The van der Waals surface area contributed by atoms with Crippen molar-refractivity contribution < 1.29 is 9.90 Å². The predicted octanol–water partition coefficient (Wildman–Crippen LogP) is 4.03. The Morgan fingerprint density at radius 3 is 2.69 bits per heavy atom. The van der Waals surface area contributed by atoms with Gasteiger partial charge in [-0.15, -0.1) is 0 Å². The second-order valence-corrected chi connectivity index (χ2v) is 8.15. The molecule has 0 saturated heterocycles. The van der Waals surface area contributed by atoms with Crippen molar-refractivity contribution in [3.63, 3.8) is 0 Å². The molecule has 0 unspecified atom stereocenters. The highest BCUT2D eigenvalue weighted by molar-refractivity contribution is 6.30. The van der Waals surface area contributed by atoms with E-state index in [1.807, 2.05) is 24.3 Å². The van der Waals surface area contributed by atoms with E-state index in [2.05, 4.69) is 36.4 Å². The summed E-state index contributed by atoms with van der Waals surface area (Å²) in [7, 11) is 0. The third kappa shape index (κ3) is 5.34. The number of aromatic nitrogens is 3. The van der Waals surface area contributed by atoms with Crippen LogP contribution < -0.4 is 10.6 Å². The third-order valence-electron chi connectivity index (χ3n) is 4.27. The van der Waals surface area contributed by atoms with Crippen molar-refractivity contribution in [1.29, 1.82) is 0 Å². The summed E-state index contributed by atoms with van der Waals surface area (Å²) >= 11 is 6.14. The van der Waals surface area contributed by atoms with E-state index >= 15 is 0 Å². The van der Waals surface area contributed by atoms with Gasteiger partial charge in [-0.3, -0.25) is 4.98 Å². The number of pyridine rings is 1. The molecule has 1 aromatic carbocycles. The lowest BCUT2D eigenvalue weighted by Crippen LogP contribution is -2.29. The first-order valence-electron chi connectivity index (χ1n) is 9.21. The smallest absolute Gasteiger partial charge is 0.319 e. The quantitative estimate of drug-likeness (QED) is 0.588. The third-order valence-corrected chi connectivity index (χ3v) is 4.50.